The van der Waals surface area contributed by atoms with Crippen molar-refractivity contribution >= 4 is 10.1 Å². The van der Waals surface area contributed by atoms with Crippen molar-refractivity contribution in [1.82, 2.24) is 0 Å². The monoisotopic (exact) mass is 311 g/mol. The van der Waals surface area contributed by atoms with Gasteiger partial charge in [0, 0.05) is 5.75 Å². The zero-order chi connectivity index (χ0) is 15.1. The molecule has 1 heterocycles. The lowest BCUT2D eigenvalue weighted by Gasteiger charge is -2.29. The SMILES string of the molecule is O=S(=O)([O-])CCCC[NH+]1CCC(Cc2ccccc2)CC1. The van der Waals surface area contributed by atoms with Gasteiger partial charge in [0.15, 0.2) is 0 Å². The van der Waals surface area contributed by atoms with Crippen LogP contribution in [0.25, 0.3) is 0 Å². The molecule has 0 saturated carbocycles. The summed E-state index contributed by atoms with van der Waals surface area (Å²) < 4.78 is 31.6. The van der Waals surface area contributed by atoms with Crippen molar-refractivity contribution in [1.29, 1.82) is 0 Å². The summed E-state index contributed by atoms with van der Waals surface area (Å²) in [6.07, 6.45) is 4.99. The Hall–Kier alpha value is -0.910. The highest BCUT2D eigenvalue weighted by Crippen LogP contribution is 2.16. The Labute approximate surface area is 127 Å². The van der Waals surface area contributed by atoms with Gasteiger partial charge in [-0.15, -0.1) is 0 Å². The molecule has 1 aliphatic heterocycles. The zero-order valence-corrected chi connectivity index (χ0v) is 13.3. The van der Waals surface area contributed by atoms with Crippen molar-refractivity contribution in [2.24, 2.45) is 5.92 Å². The molecule has 1 saturated heterocycles. The third kappa shape index (κ3) is 6.59. The van der Waals surface area contributed by atoms with Crippen molar-refractivity contribution < 1.29 is 17.9 Å². The second-order valence-electron chi connectivity index (χ2n) is 6.10. The topological polar surface area (TPSA) is 61.6 Å². The van der Waals surface area contributed by atoms with Gasteiger partial charge >= 0.3 is 0 Å². The van der Waals surface area contributed by atoms with E-state index in [1.165, 1.54) is 37.9 Å². The molecule has 1 aromatic carbocycles. The minimum absolute atomic E-state index is 0.211. The Morgan fingerprint density at radius 2 is 1.76 bits per heavy atom. The van der Waals surface area contributed by atoms with Crippen molar-refractivity contribution in [3.05, 3.63) is 35.9 Å². The van der Waals surface area contributed by atoms with Crippen molar-refractivity contribution in [3.63, 3.8) is 0 Å². The number of piperidine rings is 1. The molecule has 1 aromatic rings. The van der Waals surface area contributed by atoms with Crippen LogP contribution in [0.1, 0.15) is 31.2 Å². The second-order valence-corrected chi connectivity index (χ2v) is 7.63. The third-order valence-electron chi connectivity index (χ3n) is 4.35. The summed E-state index contributed by atoms with van der Waals surface area (Å²) in [6.45, 7) is 3.33. The summed E-state index contributed by atoms with van der Waals surface area (Å²) in [4.78, 5) is 1.56. The Kier molecular flexibility index (Phi) is 6.21. The highest BCUT2D eigenvalue weighted by molar-refractivity contribution is 7.85. The van der Waals surface area contributed by atoms with Gasteiger partial charge in [-0.05, 0) is 43.6 Å². The number of hydrogen-bond donors (Lipinski definition) is 1. The first-order chi connectivity index (χ1) is 10.0. The van der Waals surface area contributed by atoms with Crippen LogP contribution in [-0.4, -0.2) is 38.4 Å². The van der Waals surface area contributed by atoms with Gasteiger partial charge in [0.1, 0.15) is 0 Å². The van der Waals surface area contributed by atoms with Crippen LogP contribution in [0.5, 0.6) is 0 Å². The molecule has 0 aromatic heterocycles. The summed E-state index contributed by atoms with van der Waals surface area (Å²) >= 11 is 0. The Bertz CT molecular complexity index is 508. The van der Waals surface area contributed by atoms with Crippen molar-refractivity contribution in [3.8, 4) is 0 Å². The molecule has 2 rings (SSSR count). The number of unbranched alkanes of at least 4 members (excludes halogenated alkanes) is 1. The van der Waals surface area contributed by atoms with E-state index in [1.54, 1.807) is 4.90 Å². The molecule has 0 bridgehead atoms. The van der Waals surface area contributed by atoms with Gasteiger partial charge in [-0.2, -0.15) is 0 Å². The van der Waals surface area contributed by atoms with Gasteiger partial charge in [-0.3, -0.25) is 0 Å². The van der Waals surface area contributed by atoms with E-state index in [2.05, 4.69) is 30.3 Å². The summed E-state index contributed by atoms with van der Waals surface area (Å²) in [7, 11) is -4.03. The van der Waals surface area contributed by atoms with E-state index in [1.807, 2.05) is 0 Å². The molecule has 0 aliphatic carbocycles. The van der Waals surface area contributed by atoms with E-state index in [0.29, 0.717) is 6.42 Å². The molecule has 0 unspecified atom stereocenters. The molecule has 1 fully saturated rings. The molecule has 21 heavy (non-hydrogen) atoms. The summed E-state index contributed by atoms with van der Waals surface area (Å²) in [5.41, 5.74) is 1.42. The Morgan fingerprint density at radius 1 is 1.10 bits per heavy atom. The standard InChI is InChI=1S/C16H25NO3S/c18-21(19,20)13-5-4-10-17-11-8-16(9-12-17)14-15-6-2-1-3-7-15/h1-3,6-7,16H,4-5,8-14H2,(H,18,19,20). The van der Waals surface area contributed by atoms with Gasteiger partial charge in [0.2, 0.25) is 0 Å². The molecule has 4 nitrogen and oxygen atoms in total. The number of likely N-dealkylation sites (tertiary alicyclic amines) is 1. The van der Waals surface area contributed by atoms with E-state index in [0.717, 1.165) is 18.9 Å². The molecule has 1 N–H and O–H groups in total. The smallest absolute Gasteiger partial charge is 0.0945 e. The minimum atomic E-state index is -4.03. The first kappa shape index (κ1) is 16.5. The number of benzene rings is 1. The number of quaternary nitrogens is 1. The zero-order valence-electron chi connectivity index (χ0n) is 12.5. The normalized spacial score (nSPS) is 23.1. The predicted molar refractivity (Wildman–Crippen MR) is 82.2 cm³/mol. The number of nitrogens with one attached hydrogen (secondary N) is 1. The van der Waals surface area contributed by atoms with Gasteiger partial charge in [0.05, 0.1) is 29.8 Å². The van der Waals surface area contributed by atoms with Gasteiger partial charge in [0.25, 0.3) is 0 Å². The second kappa shape index (κ2) is 7.92. The van der Waals surface area contributed by atoms with E-state index in [-0.39, 0.29) is 5.75 Å². The minimum Gasteiger partial charge on any atom is -0.748 e. The van der Waals surface area contributed by atoms with E-state index < -0.39 is 10.1 Å². The summed E-state index contributed by atoms with van der Waals surface area (Å²) in [5.74, 6) is 0.565. The molecule has 0 amide bonds. The molecule has 0 radical (unpaired) electrons. The highest BCUT2D eigenvalue weighted by Gasteiger charge is 2.21. The molecular weight excluding hydrogens is 286 g/mol. The van der Waals surface area contributed by atoms with Crippen LogP contribution in [0.15, 0.2) is 30.3 Å². The fraction of sp³-hybridized carbons (Fsp3) is 0.625. The van der Waals surface area contributed by atoms with Crippen LogP contribution in [0.2, 0.25) is 0 Å². The molecule has 118 valence electrons. The van der Waals surface area contributed by atoms with Crippen LogP contribution < -0.4 is 4.90 Å². The predicted octanol–water partition coefficient (Wildman–Crippen LogP) is 0.849. The third-order valence-corrected chi connectivity index (χ3v) is 5.14. The van der Waals surface area contributed by atoms with E-state index in [9.17, 15) is 13.0 Å². The highest BCUT2D eigenvalue weighted by atomic mass is 32.2. The van der Waals surface area contributed by atoms with Gasteiger partial charge in [-0.1, -0.05) is 30.3 Å². The maximum Gasteiger partial charge on any atom is 0.0945 e. The van der Waals surface area contributed by atoms with E-state index >= 15 is 0 Å². The first-order valence-electron chi connectivity index (χ1n) is 7.84. The fourth-order valence-electron chi connectivity index (χ4n) is 3.14. The molecular formula is C16H25NO3S. The summed E-state index contributed by atoms with van der Waals surface area (Å²) in [5, 5.41) is 0. The van der Waals surface area contributed by atoms with Crippen molar-refractivity contribution in [2.45, 2.75) is 32.1 Å². The lowest BCUT2D eigenvalue weighted by molar-refractivity contribution is -0.906. The average Bonchev–Trinajstić information content (AvgIpc) is 2.45. The fourth-order valence-corrected chi connectivity index (χ4v) is 3.70. The van der Waals surface area contributed by atoms with Crippen LogP contribution >= 0.6 is 0 Å². The van der Waals surface area contributed by atoms with Gasteiger partial charge < -0.3 is 9.45 Å². The number of hydrogen-bond acceptors (Lipinski definition) is 3. The maximum absolute atomic E-state index is 10.5. The van der Waals surface area contributed by atoms with E-state index in [4.69, 9.17) is 0 Å². The lowest BCUT2D eigenvalue weighted by Crippen LogP contribution is -3.13. The molecule has 0 spiro atoms. The quantitative estimate of drug-likeness (QED) is 0.600. The number of rotatable bonds is 7. The Morgan fingerprint density at radius 3 is 2.38 bits per heavy atom. The maximum atomic E-state index is 10.5. The van der Waals surface area contributed by atoms with Gasteiger partial charge in [-0.25, -0.2) is 8.42 Å². The molecule has 5 heteroatoms. The molecule has 0 atom stereocenters. The largest absolute Gasteiger partial charge is 0.748 e. The van der Waals surface area contributed by atoms with Crippen LogP contribution in [0.4, 0.5) is 0 Å². The lowest BCUT2D eigenvalue weighted by atomic mass is 9.90. The Balaban J connectivity index is 1.62. The van der Waals surface area contributed by atoms with Crippen LogP contribution in [0.3, 0.4) is 0 Å². The molecule has 1 aliphatic rings. The van der Waals surface area contributed by atoms with Crippen LogP contribution in [0, 0.1) is 5.92 Å². The van der Waals surface area contributed by atoms with Crippen LogP contribution in [-0.2, 0) is 16.5 Å². The first-order valence-corrected chi connectivity index (χ1v) is 9.42. The van der Waals surface area contributed by atoms with Crippen molar-refractivity contribution in [2.75, 3.05) is 25.4 Å². The summed E-state index contributed by atoms with van der Waals surface area (Å²) in [6, 6.07) is 10.6. The average molecular weight is 311 g/mol.